The summed E-state index contributed by atoms with van der Waals surface area (Å²) in [5.74, 6) is 0. The van der Waals surface area contributed by atoms with Gasteiger partial charge in [-0.25, -0.2) is 4.79 Å². The number of carbonyl (C=O) groups excluding carboxylic acids is 1. The second kappa shape index (κ2) is 4.79. The molecule has 15 heavy (non-hydrogen) atoms. The number of piperidine rings is 1. The summed E-state index contributed by atoms with van der Waals surface area (Å²) >= 11 is 5.04. The van der Waals surface area contributed by atoms with Crippen LogP contribution in [0.2, 0.25) is 0 Å². The van der Waals surface area contributed by atoms with Gasteiger partial charge in [0.15, 0.2) is 0 Å². The van der Waals surface area contributed by atoms with E-state index in [1.807, 2.05) is 11.8 Å². The lowest BCUT2D eigenvalue weighted by molar-refractivity contribution is 0.161. The second-order valence-corrected chi connectivity index (χ2v) is 4.69. The molecule has 0 atom stereocenters. The van der Waals surface area contributed by atoms with E-state index in [4.69, 9.17) is 18.0 Å². The molecule has 1 aliphatic rings. The standard InChI is InChI=1S/C10H19N3OS/c1-3-12-9(14)13-6-4-10(2,5-7-13)8(11)15/h3-7H2,1-2H3,(H2,11,15)(H,12,14). The highest BCUT2D eigenvalue weighted by Gasteiger charge is 2.33. The first-order valence-corrected chi connectivity index (χ1v) is 5.73. The van der Waals surface area contributed by atoms with Crippen molar-refractivity contribution in [1.29, 1.82) is 0 Å². The molecule has 0 aromatic carbocycles. The number of likely N-dealkylation sites (tertiary alicyclic amines) is 1. The molecule has 3 N–H and O–H groups in total. The monoisotopic (exact) mass is 229 g/mol. The summed E-state index contributed by atoms with van der Waals surface area (Å²) < 4.78 is 0. The first kappa shape index (κ1) is 12.2. The number of nitrogens with zero attached hydrogens (tertiary/aromatic N) is 1. The summed E-state index contributed by atoms with van der Waals surface area (Å²) in [5.41, 5.74) is 5.62. The minimum Gasteiger partial charge on any atom is -0.393 e. The highest BCUT2D eigenvalue weighted by molar-refractivity contribution is 7.80. The predicted molar refractivity (Wildman–Crippen MR) is 64.8 cm³/mol. The molecule has 4 nitrogen and oxygen atoms in total. The van der Waals surface area contributed by atoms with Crippen molar-refractivity contribution in [2.75, 3.05) is 19.6 Å². The van der Waals surface area contributed by atoms with Crippen molar-refractivity contribution in [3.63, 3.8) is 0 Å². The zero-order valence-corrected chi connectivity index (χ0v) is 10.2. The molecular formula is C10H19N3OS. The Hall–Kier alpha value is -0.840. The van der Waals surface area contributed by atoms with Crippen LogP contribution in [0.25, 0.3) is 0 Å². The van der Waals surface area contributed by atoms with Crippen LogP contribution in [0.4, 0.5) is 4.79 Å². The molecule has 1 heterocycles. The molecule has 2 amide bonds. The molecule has 1 aliphatic heterocycles. The molecule has 0 saturated carbocycles. The largest absolute Gasteiger partial charge is 0.393 e. The van der Waals surface area contributed by atoms with Crippen molar-refractivity contribution < 1.29 is 4.79 Å². The van der Waals surface area contributed by atoms with Crippen LogP contribution in [0, 0.1) is 5.41 Å². The number of urea groups is 1. The third-order valence-electron chi connectivity index (χ3n) is 3.08. The van der Waals surface area contributed by atoms with Gasteiger partial charge < -0.3 is 16.0 Å². The average molecular weight is 229 g/mol. The smallest absolute Gasteiger partial charge is 0.317 e. The van der Waals surface area contributed by atoms with Gasteiger partial charge >= 0.3 is 6.03 Å². The number of carbonyl (C=O) groups is 1. The number of hydrogen-bond donors (Lipinski definition) is 2. The van der Waals surface area contributed by atoms with Crippen molar-refractivity contribution in [2.24, 2.45) is 11.1 Å². The molecule has 0 aliphatic carbocycles. The van der Waals surface area contributed by atoms with Gasteiger partial charge in [-0.15, -0.1) is 0 Å². The zero-order chi connectivity index (χ0) is 11.5. The van der Waals surface area contributed by atoms with Crippen LogP contribution in [0.3, 0.4) is 0 Å². The number of thiocarbonyl (C=S) groups is 1. The van der Waals surface area contributed by atoms with Crippen LogP contribution >= 0.6 is 12.2 Å². The minimum atomic E-state index is -0.0711. The number of amides is 2. The minimum absolute atomic E-state index is 0.0162. The first-order valence-electron chi connectivity index (χ1n) is 5.32. The molecular weight excluding hydrogens is 210 g/mol. The fraction of sp³-hybridized carbons (Fsp3) is 0.800. The lowest BCUT2D eigenvalue weighted by Crippen LogP contribution is -2.49. The Labute approximate surface area is 96.2 Å². The van der Waals surface area contributed by atoms with Crippen molar-refractivity contribution in [3.8, 4) is 0 Å². The van der Waals surface area contributed by atoms with Gasteiger partial charge in [0.05, 0.1) is 4.99 Å². The van der Waals surface area contributed by atoms with Gasteiger partial charge in [-0.3, -0.25) is 0 Å². The van der Waals surface area contributed by atoms with Crippen LogP contribution in [0.5, 0.6) is 0 Å². The van der Waals surface area contributed by atoms with E-state index < -0.39 is 0 Å². The first-order chi connectivity index (χ1) is 6.99. The van der Waals surface area contributed by atoms with Gasteiger partial charge in [0.2, 0.25) is 0 Å². The Morgan fingerprint density at radius 1 is 1.53 bits per heavy atom. The summed E-state index contributed by atoms with van der Waals surface area (Å²) in [6.45, 7) is 6.13. The lowest BCUT2D eigenvalue weighted by Gasteiger charge is -2.38. The molecule has 1 fully saturated rings. The van der Waals surface area contributed by atoms with Gasteiger partial charge in [-0.05, 0) is 19.8 Å². The molecule has 5 heteroatoms. The van der Waals surface area contributed by atoms with Crippen molar-refractivity contribution in [1.82, 2.24) is 10.2 Å². The molecule has 0 unspecified atom stereocenters. The molecule has 1 saturated heterocycles. The fourth-order valence-corrected chi connectivity index (χ4v) is 1.92. The van der Waals surface area contributed by atoms with Crippen LogP contribution < -0.4 is 11.1 Å². The number of rotatable bonds is 2. The highest BCUT2D eigenvalue weighted by Crippen LogP contribution is 2.30. The third kappa shape index (κ3) is 2.81. The van der Waals surface area contributed by atoms with E-state index in [9.17, 15) is 4.79 Å². The van der Waals surface area contributed by atoms with E-state index in [0.717, 1.165) is 25.9 Å². The average Bonchev–Trinajstić information content (AvgIpc) is 2.19. The van der Waals surface area contributed by atoms with Crippen LogP contribution in [-0.4, -0.2) is 35.6 Å². The second-order valence-electron chi connectivity index (χ2n) is 4.25. The molecule has 0 radical (unpaired) electrons. The van der Waals surface area contributed by atoms with Gasteiger partial charge in [-0.2, -0.15) is 0 Å². The van der Waals surface area contributed by atoms with Crippen molar-refractivity contribution >= 4 is 23.2 Å². The van der Waals surface area contributed by atoms with Gasteiger partial charge in [0.1, 0.15) is 0 Å². The van der Waals surface area contributed by atoms with E-state index in [0.29, 0.717) is 11.5 Å². The van der Waals surface area contributed by atoms with Crippen molar-refractivity contribution in [2.45, 2.75) is 26.7 Å². The number of nitrogens with one attached hydrogen (secondary N) is 1. The summed E-state index contributed by atoms with van der Waals surface area (Å²) in [5, 5.41) is 2.79. The van der Waals surface area contributed by atoms with Gasteiger partial charge in [-0.1, -0.05) is 19.1 Å². The lowest BCUT2D eigenvalue weighted by atomic mass is 9.80. The Morgan fingerprint density at radius 2 is 2.07 bits per heavy atom. The van der Waals surface area contributed by atoms with Crippen LogP contribution in [-0.2, 0) is 0 Å². The molecule has 0 bridgehead atoms. The molecule has 1 rings (SSSR count). The van der Waals surface area contributed by atoms with Crippen molar-refractivity contribution in [3.05, 3.63) is 0 Å². The number of nitrogens with two attached hydrogens (primary N) is 1. The molecule has 0 spiro atoms. The molecule has 0 aromatic heterocycles. The van der Waals surface area contributed by atoms with E-state index in [-0.39, 0.29) is 11.4 Å². The summed E-state index contributed by atoms with van der Waals surface area (Å²) in [7, 11) is 0. The summed E-state index contributed by atoms with van der Waals surface area (Å²) in [6, 6.07) is 0.0162. The maximum absolute atomic E-state index is 11.5. The third-order valence-corrected chi connectivity index (χ3v) is 3.57. The molecule has 86 valence electrons. The normalized spacial score (nSPS) is 19.7. The Bertz CT molecular complexity index is 259. The number of hydrogen-bond acceptors (Lipinski definition) is 2. The Kier molecular flexibility index (Phi) is 3.90. The van der Waals surface area contributed by atoms with E-state index in [1.54, 1.807) is 0 Å². The zero-order valence-electron chi connectivity index (χ0n) is 9.38. The van der Waals surface area contributed by atoms with E-state index in [1.165, 1.54) is 0 Å². The Morgan fingerprint density at radius 3 is 2.47 bits per heavy atom. The van der Waals surface area contributed by atoms with E-state index in [2.05, 4.69) is 12.2 Å². The molecule has 0 aromatic rings. The SMILES string of the molecule is CCNC(=O)N1CCC(C)(C(N)=S)CC1. The summed E-state index contributed by atoms with van der Waals surface area (Å²) in [6.07, 6.45) is 1.72. The topological polar surface area (TPSA) is 58.4 Å². The van der Waals surface area contributed by atoms with E-state index >= 15 is 0 Å². The summed E-state index contributed by atoms with van der Waals surface area (Å²) in [4.78, 5) is 13.9. The maximum Gasteiger partial charge on any atom is 0.317 e. The Balaban J connectivity index is 2.49. The maximum atomic E-state index is 11.5. The van der Waals surface area contributed by atoms with Crippen LogP contribution in [0.15, 0.2) is 0 Å². The quantitative estimate of drug-likeness (QED) is 0.697. The van der Waals surface area contributed by atoms with Crippen LogP contribution in [0.1, 0.15) is 26.7 Å². The van der Waals surface area contributed by atoms with Gasteiger partial charge in [0, 0.05) is 25.0 Å². The fourth-order valence-electron chi connectivity index (χ4n) is 1.71. The predicted octanol–water partition coefficient (Wildman–Crippen LogP) is 1.10. The van der Waals surface area contributed by atoms with Gasteiger partial charge in [0.25, 0.3) is 0 Å². The highest BCUT2D eigenvalue weighted by atomic mass is 32.1.